The molecular formula is C18H25ClN4O2S. The number of rotatable bonds is 9. The summed E-state index contributed by atoms with van der Waals surface area (Å²) in [4.78, 5) is 0. The molecular weight excluding hydrogens is 372 g/mol. The third-order valence-electron chi connectivity index (χ3n) is 3.48. The summed E-state index contributed by atoms with van der Waals surface area (Å²) in [5.74, 6) is 1.95. The fraction of sp³-hybridized carbons (Fsp3) is 0.500. The Balaban J connectivity index is 2.33. The molecule has 1 aromatic heterocycles. The number of aryl methyl sites for hydroxylation is 1. The molecule has 0 atom stereocenters. The van der Waals surface area contributed by atoms with Gasteiger partial charge in [-0.05, 0) is 57.1 Å². The molecule has 0 saturated heterocycles. The normalized spacial score (nSPS) is 11.5. The third-order valence-corrected chi connectivity index (χ3v) is 4.02. The number of halogens is 1. The summed E-state index contributed by atoms with van der Waals surface area (Å²) in [5.41, 5.74) is 0.791. The molecule has 2 rings (SSSR count). The van der Waals surface area contributed by atoms with Crippen LogP contribution in [0, 0.1) is 4.77 Å². The van der Waals surface area contributed by atoms with Gasteiger partial charge in [0, 0.05) is 6.42 Å². The maximum Gasteiger partial charge on any atom is 0.216 e. The third kappa shape index (κ3) is 5.32. The summed E-state index contributed by atoms with van der Waals surface area (Å²) in [6, 6.07) is 3.65. The topological polar surface area (TPSA) is 64.4 Å². The van der Waals surface area contributed by atoms with E-state index in [1.54, 1.807) is 17.0 Å². The summed E-state index contributed by atoms with van der Waals surface area (Å²) in [6.45, 7) is 8.45. The van der Waals surface area contributed by atoms with Crippen LogP contribution in [0.3, 0.4) is 0 Å². The first kappa shape index (κ1) is 20.5. The maximum absolute atomic E-state index is 6.39. The van der Waals surface area contributed by atoms with E-state index in [2.05, 4.69) is 22.2 Å². The number of ether oxygens (including phenoxy) is 2. The van der Waals surface area contributed by atoms with E-state index in [9.17, 15) is 0 Å². The lowest BCUT2D eigenvalue weighted by molar-refractivity contribution is 0.224. The molecule has 0 fully saturated rings. The van der Waals surface area contributed by atoms with Crippen LogP contribution < -0.4 is 9.47 Å². The first-order chi connectivity index (χ1) is 12.5. The van der Waals surface area contributed by atoms with E-state index in [4.69, 9.17) is 33.3 Å². The summed E-state index contributed by atoms with van der Waals surface area (Å²) in [5, 5.41) is 12.0. The van der Waals surface area contributed by atoms with Crippen LogP contribution in [0.25, 0.3) is 0 Å². The molecule has 0 aliphatic carbocycles. The van der Waals surface area contributed by atoms with Gasteiger partial charge in [-0.3, -0.25) is 5.10 Å². The van der Waals surface area contributed by atoms with Gasteiger partial charge in [-0.1, -0.05) is 24.9 Å². The molecule has 26 heavy (non-hydrogen) atoms. The zero-order chi connectivity index (χ0) is 19.1. The number of aromatic amines is 1. The smallest absolute Gasteiger partial charge is 0.216 e. The molecule has 0 saturated carbocycles. The van der Waals surface area contributed by atoms with Gasteiger partial charge in [0.25, 0.3) is 0 Å². The Bertz CT molecular complexity index is 814. The molecule has 1 N–H and O–H groups in total. The number of unbranched alkanes of at least 4 members (excludes halogenated alkanes) is 1. The Morgan fingerprint density at radius 1 is 1.38 bits per heavy atom. The number of benzene rings is 1. The zero-order valence-electron chi connectivity index (χ0n) is 15.6. The highest BCUT2D eigenvalue weighted by molar-refractivity contribution is 7.71. The lowest BCUT2D eigenvalue weighted by Crippen LogP contribution is -2.08. The molecule has 0 unspecified atom stereocenters. The van der Waals surface area contributed by atoms with Crippen LogP contribution in [0.2, 0.25) is 5.02 Å². The number of nitrogens with zero attached hydrogens (tertiary/aromatic N) is 3. The van der Waals surface area contributed by atoms with Crippen molar-refractivity contribution in [3.05, 3.63) is 33.3 Å². The fourth-order valence-electron chi connectivity index (χ4n) is 2.34. The predicted molar refractivity (Wildman–Crippen MR) is 107 cm³/mol. The molecule has 2 aromatic rings. The van der Waals surface area contributed by atoms with Gasteiger partial charge < -0.3 is 9.47 Å². The Morgan fingerprint density at radius 3 is 2.81 bits per heavy atom. The quantitative estimate of drug-likeness (QED) is 0.478. The summed E-state index contributed by atoms with van der Waals surface area (Å²) in [6.07, 6.45) is 4.60. The van der Waals surface area contributed by atoms with E-state index in [0.717, 1.165) is 30.7 Å². The lowest BCUT2D eigenvalue weighted by Gasteiger charge is -2.16. The van der Waals surface area contributed by atoms with Crippen LogP contribution in [-0.2, 0) is 6.42 Å². The van der Waals surface area contributed by atoms with Gasteiger partial charge in [-0.2, -0.15) is 14.9 Å². The van der Waals surface area contributed by atoms with E-state index in [0.29, 0.717) is 27.9 Å². The van der Waals surface area contributed by atoms with E-state index in [1.807, 2.05) is 26.8 Å². The maximum atomic E-state index is 6.39. The van der Waals surface area contributed by atoms with Crippen molar-refractivity contribution in [2.75, 3.05) is 6.61 Å². The van der Waals surface area contributed by atoms with Crippen molar-refractivity contribution in [1.82, 2.24) is 14.9 Å². The molecule has 0 amide bonds. The Kier molecular flexibility index (Phi) is 7.66. The second-order valence-electron chi connectivity index (χ2n) is 6.03. The fourth-order valence-corrected chi connectivity index (χ4v) is 2.80. The van der Waals surface area contributed by atoms with Gasteiger partial charge in [-0.25, -0.2) is 0 Å². The van der Waals surface area contributed by atoms with E-state index in [-0.39, 0.29) is 6.10 Å². The minimum absolute atomic E-state index is 0.00314. The van der Waals surface area contributed by atoms with Gasteiger partial charge in [0.2, 0.25) is 4.77 Å². The summed E-state index contributed by atoms with van der Waals surface area (Å²) in [7, 11) is 0. The zero-order valence-corrected chi connectivity index (χ0v) is 17.2. The number of aromatic nitrogens is 3. The summed E-state index contributed by atoms with van der Waals surface area (Å²) >= 11 is 11.7. The van der Waals surface area contributed by atoms with Gasteiger partial charge in [0.15, 0.2) is 17.3 Å². The van der Waals surface area contributed by atoms with Crippen LogP contribution in [0.4, 0.5) is 0 Å². The van der Waals surface area contributed by atoms with E-state index >= 15 is 0 Å². The second-order valence-corrected chi connectivity index (χ2v) is 6.83. The van der Waals surface area contributed by atoms with Crippen molar-refractivity contribution < 1.29 is 9.47 Å². The van der Waals surface area contributed by atoms with Crippen LogP contribution in [-0.4, -0.2) is 33.8 Å². The monoisotopic (exact) mass is 396 g/mol. The summed E-state index contributed by atoms with van der Waals surface area (Å²) < 4.78 is 13.6. The number of nitrogens with one attached hydrogen (secondary N) is 1. The SMILES string of the molecule is CCCCc1n[nH]c(=S)n1/N=C\c1cc(Cl)c(OC(C)C)c(OCC)c1. The van der Waals surface area contributed by atoms with Crippen molar-refractivity contribution in [1.29, 1.82) is 0 Å². The van der Waals surface area contributed by atoms with Crippen molar-refractivity contribution in [3.63, 3.8) is 0 Å². The Labute approximate surface area is 164 Å². The molecule has 0 aliphatic heterocycles. The van der Waals surface area contributed by atoms with E-state index in [1.165, 1.54) is 0 Å². The molecule has 0 spiro atoms. The van der Waals surface area contributed by atoms with Crippen molar-refractivity contribution in [2.45, 2.75) is 53.1 Å². The highest BCUT2D eigenvalue weighted by atomic mass is 35.5. The molecule has 1 heterocycles. The molecule has 6 nitrogen and oxygen atoms in total. The van der Waals surface area contributed by atoms with Crippen molar-refractivity contribution in [3.8, 4) is 11.5 Å². The molecule has 1 aromatic carbocycles. The number of hydrogen-bond acceptors (Lipinski definition) is 5. The van der Waals surface area contributed by atoms with Gasteiger partial charge >= 0.3 is 0 Å². The van der Waals surface area contributed by atoms with Crippen LogP contribution in [0.15, 0.2) is 17.2 Å². The highest BCUT2D eigenvalue weighted by Crippen LogP contribution is 2.37. The second kappa shape index (κ2) is 9.73. The molecule has 142 valence electrons. The van der Waals surface area contributed by atoms with Crippen molar-refractivity contribution in [2.24, 2.45) is 5.10 Å². The average Bonchev–Trinajstić information content (AvgIpc) is 2.94. The van der Waals surface area contributed by atoms with Crippen LogP contribution in [0.1, 0.15) is 51.9 Å². The first-order valence-corrected chi connectivity index (χ1v) is 9.58. The Hall–Kier alpha value is -1.86. The van der Waals surface area contributed by atoms with Crippen LogP contribution >= 0.6 is 23.8 Å². The van der Waals surface area contributed by atoms with Gasteiger partial charge in [0.1, 0.15) is 0 Å². The minimum Gasteiger partial charge on any atom is -0.490 e. The Morgan fingerprint density at radius 2 is 2.15 bits per heavy atom. The average molecular weight is 397 g/mol. The molecule has 0 bridgehead atoms. The molecule has 0 radical (unpaired) electrons. The molecule has 8 heteroatoms. The lowest BCUT2D eigenvalue weighted by atomic mass is 10.2. The minimum atomic E-state index is -0.00314. The van der Waals surface area contributed by atoms with E-state index < -0.39 is 0 Å². The first-order valence-electron chi connectivity index (χ1n) is 8.79. The number of hydrogen-bond donors (Lipinski definition) is 1. The van der Waals surface area contributed by atoms with Crippen molar-refractivity contribution >= 4 is 30.0 Å². The van der Waals surface area contributed by atoms with Gasteiger partial charge in [-0.15, -0.1) is 0 Å². The predicted octanol–water partition coefficient (Wildman–Crippen LogP) is 5.00. The standard InChI is InChI=1S/C18H25ClN4O2S/c1-5-7-8-16-21-22-18(26)23(16)20-11-13-9-14(19)17(25-12(3)4)15(10-13)24-6-2/h9-12H,5-8H2,1-4H3,(H,22,26)/b20-11-. The van der Waals surface area contributed by atoms with Crippen LogP contribution in [0.5, 0.6) is 11.5 Å². The largest absolute Gasteiger partial charge is 0.490 e. The van der Waals surface area contributed by atoms with Gasteiger partial charge in [0.05, 0.1) is 23.9 Å². The molecule has 0 aliphatic rings. The highest BCUT2D eigenvalue weighted by Gasteiger charge is 2.13. The number of H-pyrrole nitrogens is 1.